The molecule has 4 heterocycles. The van der Waals surface area contributed by atoms with Gasteiger partial charge in [0.2, 0.25) is 0 Å². The summed E-state index contributed by atoms with van der Waals surface area (Å²) in [5, 5.41) is 8.68. The summed E-state index contributed by atoms with van der Waals surface area (Å²) in [5.41, 5.74) is 0.621. The van der Waals surface area contributed by atoms with Gasteiger partial charge in [-0.1, -0.05) is 0 Å². The topological polar surface area (TPSA) is 73.4 Å². The van der Waals surface area contributed by atoms with Gasteiger partial charge in [0.1, 0.15) is 17.3 Å². The molecule has 2 aliphatic heterocycles. The zero-order valence-corrected chi connectivity index (χ0v) is 14.3. The van der Waals surface area contributed by atoms with Gasteiger partial charge >= 0.3 is 0 Å². The van der Waals surface area contributed by atoms with Crippen LogP contribution in [0.1, 0.15) is 52.4 Å². The lowest BCUT2D eigenvalue weighted by Gasteiger charge is -2.23. The van der Waals surface area contributed by atoms with E-state index >= 15 is 0 Å². The van der Waals surface area contributed by atoms with Gasteiger partial charge in [-0.2, -0.15) is 0 Å². The minimum atomic E-state index is -0.101. The molecule has 0 unspecified atom stereocenters. The number of fused-ring (bicyclic) bond motifs is 1. The Labute approximate surface area is 140 Å². The second-order valence-electron chi connectivity index (χ2n) is 6.62. The number of amides is 1. The second-order valence-corrected chi connectivity index (χ2v) is 6.62. The van der Waals surface area contributed by atoms with Gasteiger partial charge in [0.05, 0.1) is 17.7 Å². The molecular formula is C17H22N4O3. The lowest BCUT2D eigenvalue weighted by Crippen LogP contribution is -2.33. The van der Waals surface area contributed by atoms with Crippen LogP contribution in [0.2, 0.25) is 0 Å². The molecule has 0 aliphatic carbocycles. The van der Waals surface area contributed by atoms with Crippen LogP contribution >= 0.6 is 0 Å². The van der Waals surface area contributed by atoms with Crippen LogP contribution in [0.5, 0.6) is 0 Å². The van der Waals surface area contributed by atoms with Crippen LogP contribution in [-0.4, -0.2) is 45.3 Å². The maximum Gasteiger partial charge on any atom is 0.258 e. The quantitative estimate of drug-likeness (QED) is 0.861. The summed E-state index contributed by atoms with van der Waals surface area (Å²) in [6.07, 6.45) is 2.81. The summed E-state index contributed by atoms with van der Waals surface area (Å²) in [7, 11) is 1.69. The molecule has 1 fully saturated rings. The molecule has 24 heavy (non-hydrogen) atoms. The average Bonchev–Trinajstić information content (AvgIpc) is 3.28. The second kappa shape index (κ2) is 5.73. The van der Waals surface area contributed by atoms with Crippen molar-refractivity contribution < 1.29 is 13.9 Å². The van der Waals surface area contributed by atoms with Crippen LogP contribution in [0.25, 0.3) is 0 Å². The molecule has 2 aliphatic rings. The Morgan fingerprint density at radius 3 is 2.92 bits per heavy atom. The number of methoxy groups -OCH3 is 1. The molecule has 2 atom stereocenters. The fraction of sp³-hybridized carbons (Fsp3) is 0.588. The van der Waals surface area contributed by atoms with E-state index in [4.69, 9.17) is 9.15 Å². The summed E-state index contributed by atoms with van der Waals surface area (Å²) >= 11 is 0. The maximum absolute atomic E-state index is 13.1. The summed E-state index contributed by atoms with van der Waals surface area (Å²) in [5.74, 6) is 3.29. The molecule has 0 spiro atoms. The summed E-state index contributed by atoms with van der Waals surface area (Å²) in [6.45, 7) is 5.17. The van der Waals surface area contributed by atoms with Crippen LogP contribution in [-0.2, 0) is 17.7 Å². The SMILES string of the molecule is CO[C@@H]1C[C@@H](c2nnc3n2CCC3)N(C(=O)c2cc(C)oc2C)C1. The maximum atomic E-state index is 13.1. The highest BCUT2D eigenvalue weighted by atomic mass is 16.5. The molecule has 1 saturated heterocycles. The molecule has 4 rings (SSSR count). The third kappa shape index (κ3) is 2.34. The third-order valence-electron chi connectivity index (χ3n) is 5.06. The Morgan fingerprint density at radius 2 is 2.21 bits per heavy atom. The van der Waals surface area contributed by atoms with Crippen molar-refractivity contribution in [3.05, 3.63) is 34.8 Å². The number of nitrogens with zero attached hydrogens (tertiary/aromatic N) is 4. The summed E-state index contributed by atoms with van der Waals surface area (Å²) in [4.78, 5) is 15.0. The van der Waals surface area contributed by atoms with Gasteiger partial charge in [-0.25, -0.2) is 0 Å². The average molecular weight is 330 g/mol. The minimum Gasteiger partial charge on any atom is -0.466 e. The van der Waals surface area contributed by atoms with Gasteiger partial charge in [-0.15, -0.1) is 10.2 Å². The van der Waals surface area contributed by atoms with Crippen molar-refractivity contribution in [2.45, 2.75) is 51.8 Å². The van der Waals surface area contributed by atoms with Crippen LogP contribution in [0.15, 0.2) is 10.5 Å². The number of carbonyl (C=O) groups excluding carboxylic acids is 1. The number of aryl methyl sites for hydroxylation is 3. The van der Waals surface area contributed by atoms with Crippen molar-refractivity contribution in [3.8, 4) is 0 Å². The molecule has 1 amide bonds. The van der Waals surface area contributed by atoms with E-state index in [-0.39, 0.29) is 18.1 Å². The number of ether oxygens (including phenoxy) is 1. The van der Waals surface area contributed by atoms with E-state index in [9.17, 15) is 4.79 Å². The molecule has 7 nitrogen and oxygen atoms in total. The van der Waals surface area contributed by atoms with Gasteiger partial charge in [-0.05, 0) is 26.3 Å². The van der Waals surface area contributed by atoms with Crippen LogP contribution in [0.4, 0.5) is 0 Å². The Morgan fingerprint density at radius 1 is 1.38 bits per heavy atom. The molecule has 0 radical (unpaired) electrons. The molecule has 0 bridgehead atoms. The Bertz CT molecular complexity index is 779. The largest absolute Gasteiger partial charge is 0.466 e. The molecule has 2 aromatic rings. The smallest absolute Gasteiger partial charge is 0.258 e. The molecule has 0 aromatic carbocycles. The first kappa shape index (κ1) is 15.4. The number of hydrogen-bond donors (Lipinski definition) is 0. The predicted octanol–water partition coefficient (Wildman–Crippen LogP) is 2.04. The van der Waals surface area contributed by atoms with Gasteiger partial charge in [-0.3, -0.25) is 4.79 Å². The van der Waals surface area contributed by atoms with Crippen molar-refractivity contribution in [3.63, 3.8) is 0 Å². The van der Waals surface area contributed by atoms with E-state index in [1.54, 1.807) is 7.11 Å². The van der Waals surface area contributed by atoms with E-state index < -0.39 is 0 Å². The van der Waals surface area contributed by atoms with E-state index in [1.165, 1.54) is 0 Å². The first-order valence-electron chi connectivity index (χ1n) is 8.41. The number of likely N-dealkylation sites (tertiary alicyclic amines) is 1. The van der Waals surface area contributed by atoms with Crippen molar-refractivity contribution in [1.29, 1.82) is 0 Å². The monoisotopic (exact) mass is 330 g/mol. The number of furan rings is 1. The van der Waals surface area contributed by atoms with Crippen LogP contribution in [0, 0.1) is 13.8 Å². The fourth-order valence-electron chi connectivity index (χ4n) is 3.85. The van der Waals surface area contributed by atoms with Crippen molar-refractivity contribution in [2.75, 3.05) is 13.7 Å². The normalized spacial score (nSPS) is 23.0. The molecular weight excluding hydrogens is 308 g/mol. The van der Waals surface area contributed by atoms with E-state index in [0.29, 0.717) is 17.9 Å². The first-order chi connectivity index (χ1) is 11.6. The molecule has 2 aromatic heterocycles. The third-order valence-corrected chi connectivity index (χ3v) is 5.06. The first-order valence-corrected chi connectivity index (χ1v) is 8.41. The van der Waals surface area contributed by atoms with Gasteiger partial charge in [0, 0.05) is 33.0 Å². The number of rotatable bonds is 3. The summed E-state index contributed by atoms with van der Waals surface area (Å²) < 4.78 is 13.2. The van der Waals surface area contributed by atoms with Crippen molar-refractivity contribution in [2.24, 2.45) is 0 Å². The Hall–Kier alpha value is -2.15. The lowest BCUT2D eigenvalue weighted by molar-refractivity contribution is 0.0681. The van der Waals surface area contributed by atoms with Crippen molar-refractivity contribution in [1.82, 2.24) is 19.7 Å². The van der Waals surface area contributed by atoms with Crippen molar-refractivity contribution >= 4 is 5.91 Å². The van der Waals surface area contributed by atoms with Gasteiger partial charge in [0.25, 0.3) is 5.91 Å². The highest BCUT2D eigenvalue weighted by Crippen LogP contribution is 2.35. The van der Waals surface area contributed by atoms with E-state index in [0.717, 1.165) is 43.2 Å². The van der Waals surface area contributed by atoms with Crippen LogP contribution in [0.3, 0.4) is 0 Å². The number of hydrogen-bond acceptors (Lipinski definition) is 5. The number of carbonyl (C=O) groups is 1. The minimum absolute atomic E-state index is 0.0154. The zero-order valence-electron chi connectivity index (χ0n) is 14.3. The standard InChI is InChI=1S/C17H22N4O3/c1-10-7-13(11(2)24-10)17(22)21-9-12(23-3)8-14(21)16-19-18-15-5-4-6-20(15)16/h7,12,14H,4-6,8-9H2,1-3H3/t12-,14+/m1/s1. The van der Waals surface area contributed by atoms with Gasteiger partial charge in [0.15, 0.2) is 5.82 Å². The molecule has 0 N–H and O–H groups in total. The van der Waals surface area contributed by atoms with E-state index in [2.05, 4.69) is 14.8 Å². The zero-order chi connectivity index (χ0) is 16.8. The molecule has 0 saturated carbocycles. The highest BCUT2D eigenvalue weighted by Gasteiger charge is 2.41. The lowest BCUT2D eigenvalue weighted by atomic mass is 10.1. The number of aromatic nitrogens is 3. The molecule has 128 valence electrons. The van der Waals surface area contributed by atoms with Gasteiger partial charge < -0.3 is 18.6 Å². The fourth-order valence-corrected chi connectivity index (χ4v) is 3.85. The van der Waals surface area contributed by atoms with E-state index in [1.807, 2.05) is 24.8 Å². The predicted molar refractivity (Wildman–Crippen MR) is 85.7 cm³/mol. The highest BCUT2D eigenvalue weighted by molar-refractivity contribution is 5.95. The molecule has 7 heteroatoms. The van der Waals surface area contributed by atoms with Crippen LogP contribution < -0.4 is 0 Å². The Balaban J connectivity index is 1.69. The Kier molecular flexibility index (Phi) is 3.68. The summed E-state index contributed by atoms with van der Waals surface area (Å²) in [6, 6.07) is 1.71.